The van der Waals surface area contributed by atoms with Crippen LogP contribution in [0.25, 0.3) is 0 Å². The first-order valence-corrected chi connectivity index (χ1v) is 5.80. The number of allylic oxidation sites excluding steroid dienone is 3. The van der Waals surface area contributed by atoms with Crippen LogP contribution >= 0.6 is 0 Å². The summed E-state index contributed by atoms with van der Waals surface area (Å²) in [5, 5.41) is 0. The molecule has 0 aliphatic heterocycles. The van der Waals surface area contributed by atoms with Crippen molar-refractivity contribution in [3.05, 3.63) is 23.3 Å². The minimum Gasteiger partial charge on any atom is -0.300 e. The molecule has 0 saturated carbocycles. The number of ketones is 1. The number of nitrogens with one attached hydrogen (secondary N) is 1. The second-order valence-corrected chi connectivity index (χ2v) is 4.25. The minimum atomic E-state index is 0.262. The molecule has 3 N–H and O–H groups in total. The van der Waals surface area contributed by atoms with Crippen molar-refractivity contribution < 1.29 is 4.79 Å². The van der Waals surface area contributed by atoms with Crippen molar-refractivity contribution in [1.82, 2.24) is 5.43 Å². The number of hydrazine groups is 1. The Morgan fingerprint density at radius 1 is 1.06 bits per heavy atom. The molecule has 0 atom stereocenters. The van der Waals surface area contributed by atoms with Crippen molar-refractivity contribution >= 4 is 5.78 Å². The van der Waals surface area contributed by atoms with E-state index in [9.17, 15) is 4.79 Å². The first kappa shape index (κ1) is 15.1. The maximum Gasteiger partial charge on any atom is 0.130 e. The fraction of sp³-hybridized carbons (Fsp3) is 0.615. The second-order valence-electron chi connectivity index (χ2n) is 4.25. The molecule has 0 aliphatic carbocycles. The quantitative estimate of drug-likeness (QED) is 0.378. The number of hydrogen-bond donors (Lipinski definition) is 2. The lowest BCUT2D eigenvalue weighted by molar-refractivity contribution is -0.116. The summed E-state index contributed by atoms with van der Waals surface area (Å²) in [6, 6.07) is 0. The molecule has 3 nitrogen and oxygen atoms in total. The Morgan fingerprint density at radius 2 is 1.69 bits per heavy atom. The van der Waals surface area contributed by atoms with Gasteiger partial charge in [-0.3, -0.25) is 11.3 Å². The maximum atomic E-state index is 10.8. The van der Waals surface area contributed by atoms with Crippen molar-refractivity contribution in [3.8, 4) is 0 Å². The smallest absolute Gasteiger partial charge is 0.130 e. The van der Waals surface area contributed by atoms with Crippen molar-refractivity contribution in [2.24, 2.45) is 5.84 Å². The lowest BCUT2D eigenvalue weighted by Gasteiger charge is -2.01. The Hall–Kier alpha value is -0.930. The molecule has 0 saturated heterocycles. The van der Waals surface area contributed by atoms with Crippen LogP contribution in [0, 0.1) is 0 Å². The maximum absolute atomic E-state index is 10.8. The Morgan fingerprint density at radius 3 is 2.25 bits per heavy atom. The molecule has 0 radical (unpaired) electrons. The van der Waals surface area contributed by atoms with E-state index in [4.69, 9.17) is 5.84 Å². The Kier molecular flexibility index (Phi) is 8.77. The van der Waals surface area contributed by atoms with Gasteiger partial charge in [0.2, 0.25) is 0 Å². The number of nitrogens with two attached hydrogens (primary N) is 1. The zero-order chi connectivity index (χ0) is 12.4. The van der Waals surface area contributed by atoms with E-state index in [1.165, 1.54) is 11.1 Å². The summed E-state index contributed by atoms with van der Waals surface area (Å²) >= 11 is 0. The molecular weight excluding hydrogens is 200 g/mol. The van der Waals surface area contributed by atoms with Gasteiger partial charge in [-0.2, -0.15) is 0 Å². The van der Waals surface area contributed by atoms with Crippen molar-refractivity contribution in [1.29, 1.82) is 0 Å². The zero-order valence-electron chi connectivity index (χ0n) is 10.7. The highest BCUT2D eigenvalue weighted by Gasteiger charge is 1.95. The summed E-state index contributed by atoms with van der Waals surface area (Å²) in [4.78, 5) is 10.8. The summed E-state index contributed by atoms with van der Waals surface area (Å²) in [5.41, 5.74) is 5.25. The predicted octanol–water partition coefficient (Wildman–Crippen LogP) is 2.49. The van der Waals surface area contributed by atoms with E-state index in [0.29, 0.717) is 6.42 Å². The zero-order valence-corrected chi connectivity index (χ0v) is 10.7. The Bertz CT molecular complexity index is 267. The first-order valence-electron chi connectivity index (χ1n) is 5.80. The molecule has 0 fully saturated rings. The predicted molar refractivity (Wildman–Crippen MR) is 68.9 cm³/mol. The lowest BCUT2D eigenvalue weighted by Crippen LogP contribution is -2.21. The summed E-state index contributed by atoms with van der Waals surface area (Å²) in [6.07, 6.45) is 7.96. The molecule has 16 heavy (non-hydrogen) atoms. The van der Waals surface area contributed by atoms with E-state index in [0.717, 1.165) is 25.8 Å². The molecule has 0 rings (SSSR count). The second kappa shape index (κ2) is 9.31. The molecule has 0 amide bonds. The topological polar surface area (TPSA) is 55.1 Å². The summed E-state index contributed by atoms with van der Waals surface area (Å²) in [6.45, 7) is 6.55. The van der Waals surface area contributed by atoms with E-state index in [1.807, 2.05) is 0 Å². The first-order chi connectivity index (χ1) is 7.56. The molecule has 0 aromatic heterocycles. The summed E-state index contributed by atoms with van der Waals surface area (Å²) in [5.74, 6) is 5.45. The Labute approximate surface area is 98.8 Å². The molecule has 0 spiro atoms. The van der Waals surface area contributed by atoms with Crippen LogP contribution in [0.1, 0.15) is 46.5 Å². The average Bonchev–Trinajstić information content (AvgIpc) is 2.23. The largest absolute Gasteiger partial charge is 0.300 e. The van der Waals surface area contributed by atoms with Crippen LogP contribution in [0.15, 0.2) is 23.3 Å². The van der Waals surface area contributed by atoms with Crippen molar-refractivity contribution in [2.45, 2.75) is 46.5 Å². The van der Waals surface area contributed by atoms with Gasteiger partial charge >= 0.3 is 0 Å². The van der Waals surface area contributed by atoms with Crippen LogP contribution in [0.5, 0.6) is 0 Å². The van der Waals surface area contributed by atoms with Crippen LogP contribution in [0.2, 0.25) is 0 Å². The van der Waals surface area contributed by atoms with Gasteiger partial charge in [0, 0.05) is 13.0 Å². The van der Waals surface area contributed by atoms with Gasteiger partial charge in [0.25, 0.3) is 0 Å². The van der Waals surface area contributed by atoms with Crippen molar-refractivity contribution in [2.75, 3.05) is 6.54 Å². The summed E-state index contributed by atoms with van der Waals surface area (Å²) in [7, 11) is 0. The SMILES string of the molecule is CC(=O)CC/C(C)=C/CC/C(C)=C/CNN. The number of Topliss-reactive ketones (excluding diaryl/α,β-unsaturated/α-hetero) is 1. The molecule has 92 valence electrons. The molecule has 0 aliphatic rings. The highest BCUT2D eigenvalue weighted by atomic mass is 16.1. The number of carbonyl (C=O) groups excluding carboxylic acids is 1. The molecule has 0 bridgehead atoms. The van der Waals surface area contributed by atoms with E-state index in [2.05, 4.69) is 31.4 Å². The number of carbonyl (C=O) groups is 1. The fourth-order valence-electron chi connectivity index (χ4n) is 1.36. The third-order valence-electron chi connectivity index (χ3n) is 2.47. The van der Waals surface area contributed by atoms with Gasteiger partial charge in [-0.05, 0) is 40.0 Å². The highest BCUT2D eigenvalue weighted by molar-refractivity contribution is 5.75. The lowest BCUT2D eigenvalue weighted by atomic mass is 10.1. The third kappa shape index (κ3) is 9.62. The van der Waals surface area contributed by atoms with Crippen LogP contribution < -0.4 is 11.3 Å². The van der Waals surface area contributed by atoms with Gasteiger partial charge in [0.1, 0.15) is 5.78 Å². The van der Waals surface area contributed by atoms with E-state index < -0.39 is 0 Å². The highest BCUT2D eigenvalue weighted by Crippen LogP contribution is 2.10. The normalized spacial score (nSPS) is 13.0. The Balaban J connectivity index is 3.77. The van der Waals surface area contributed by atoms with Crippen LogP contribution in [-0.2, 0) is 4.79 Å². The van der Waals surface area contributed by atoms with Gasteiger partial charge in [-0.1, -0.05) is 23.3 Å². The van der Waals surface area contributed by atoms with E-state index in [1.54, 1.807) is 6.92 Å². The van der Waals surface area contributed by atoms with Gasteiger partial charge in [-0.15, -0.1) is 0 Å². The van der Waals surface area contributed by atoms with Crippen LogP contribution in [0.3, 0.4) is 0 Å². The van der Waals surface area contributed by atoms with E-state index in [-0.39, 0.29) is 5.78 Å². The van der Waals surface area contributed by atoms with Gasteiger partial charge < -0.3 is 4.79 Å². The molecular formula is C13H24N2O. The molecule has 0 unspecified atom stereocenters. The van der Waals surface area contributed by atoms with Gasteiger partial charge in [0.05, 0.1) is 0 Å². The minimum absolute atomic E-state index is 0.262. The summed E-state index contributed by atoms with van der Waals surface area (Å²) < 4.78 is 0. The van der Waals surface area contributed by atoms with E-state index >= 15 is 0 Å². The van der Waals surface area contributed by atoms with Crippen molar-refractivity contribution in [3.63, 3.8) is 0 Å². The molecule has 0 heterocycles. The van der Waals surface area contributed by atoms with Crippen LogP contribution in [-0.4, -0.2) is 12.3 Å². The fourth-order valence-corrected chi connectivity index (χ4v) is 1.36. The third-order valence-corrected chi connectivity index (χ3v) is 2.47. The monoisotopic (exact) mass is 224 g/mol. The van der Waals surface area contributed by atoms with Crippen LogP contribution in [0.4, 0.5) is 0 Å². The standard InChI is InChI=1S/C13H24N2O/c1-11(7-8-13(3)16)5-4-6-12(2)9-10-15-14/h5,9,15H,4,6-8,10,14H2,1-3H3/b11-5+,12-9+. The number of hydrogen-bond acceptors (Lipinski definition) is 3. The average molecular weight is 224 g/mol. The molecule has 0 aromatic carbocycles. The molecule has 0 aromatic rings. The number of rotatable bonds is 8. The van der Waals surface area contributed by atoms with Gasteiger partial charge in [0.15, 0.2) is 0 Å². The molecule has 3 heteroatoms. The van der Waals surface area contributed by atoms with Gasteiger partial charge in [-0.25, -0.2) is 0 Å².